The molecule has 22 heavy (non-hydrogen) atoms. The van der Waals surface area contributed by atoms with E-state index in [1.807, 2.05) is 20.8 Å². The van der Waals surface area contributed by atoms with Crippen LogP contribution in [0.15, 0.2) is 24.3 Å². The lowest BCUT2D eigenvalue weighted by Crippen LogP contribution is -2.33. The molecule has 0 spiro atoms. The van der Waals surface area contributed by atoms with Gasteiger partial charge < -0.3 is 4.90 Å². The van der Waals surface area contributed by atoms with Crippen LogP contribution >= 0.6 is 11.8 Å². The zero-order chi connectivity index (χ0) is 16.5. The second-order valence-corrected chi connectivity index (χ2v) is 7.82. The first kappa shape index (κ1) is 17.2. The number of rotatable bonds is 2. The Balaban J connectivity index is 2.30. The van der Waals surface area contributed by atoms with Crippen LogP contribution in [0, 0.1) is 5.41 Å². The molecule has 1 aliphatic heterocycles. The summed E-state index contributed by atoms with van der Waals surface area (Å²) in [6.07, 6.45) is -4.07. The van der Waals surface area contributed by atoms with Crippen LogP contribution in [-0.4, -0.2) is 23.1 Å². The minimum absolute atomic E-state index is 0.0838. The number of alkyl halides is 3. The highest BCUT2D eigenvalue weighted by atomic mass is 32.2. The van der Waals surface area contributed by atoms with Crippen molar-refractivity contribution in [2.45, 2.75) is 38.7 Å². The highest BCUT2D eigenvalue weighted by Gasteiger charge is 2.39. The molecule has 1 aromatic carbocycles. The molecular formula is C16H20F3NOS. The number of halogens is 3. The molecular weight excluding hydrogens is 311 g/mol. The van der Waals surface area contributed by atoms with Gasteiger partial charge in [-0.05, 0) is 17.0 Å². The lowest BCUT2D eigenvalue weighted by atomic mass is 9.91. The van der Waals surface area contributed by atoms with Gasteiger partial charge in [-0.2, -0.15) is 13.2 Å². The zero-order valence-electron chi connectivity index (χ0n) is 12.9. The first-order valence-electron chi connectivity index (χ1n) is 7.17. The van der Waals surface area contributed by atoms with Crippen molar-refractivity contribution < 1.29 is 18.0 Å². The number of nitrogens with zero attached hydrogens (tertiary/aromatic N) is 1. The monoisotopic (exact) mass is 331 g/mol. The van der Waals surface area contributed by atoms with E-state index >= 15 is 0 Å². The maximum atomic E-state index is 13.2. The third-order valence-corrected chi connectivity index (χ3v) is 4.67. The Labute approximate surface area is 133 Å². The summed E-state index contributed by atoms with van der Waals surface area (Å²) in [6, 6.07) is 5.53. The van der Waals surface area contributed by atoms with Gasteiger partial charge in [0.15, 0.2) is 0 Å². The molecule has 1 saturated heterocycles. The molecule has 1 unspecified atom stereocenters. The van der Waals surface area contributed by atoms with E-state index in [4.69, 9.17) is 0 Å². The van der Waals surface area contributed by atoms with Crippen molar-refractivity contribution in [2.75, 3.05) is 12.3 Å². The number of hydrogen-bond donors (Lipinski definition) is 0. The summed E-state index contributed by atoms with van der Waals surface area (Å²) in [7, 11) is 0. The topological polar surface area (TPSA) is 20.3 Å². The normalized spacial score (nSPS) is 19.5. The third-order valence-electron chi connectivity index (χ3n) is 3.43. The Hall–Kier alpha value is -1.17. The molecule has 1 aromatic rings. The highest BCUT2D eigenvalue weighted by molar-refractivity contribution is 7.99. The van der Waals surface area contributed by atoms with Crippen molar-refractivity contribution in [1.29, 1.82) is 0 Å². The number of thioether (sulfide) groups is 1. The summed E-state index contributed by atoms with van der Waals surface area (Å²) < 4.78 is 39.6. The number of carbonyl (C=O) groups is 1. The summed E-state index contributed by atoms with van der Waals surface area (Å²) in [5.74, 6) is 0.576. The van der Waals surface area contributed by atoms with E-state index in [0.29, 0.717) is 18.7 Å². The van der Waals surface area contributed by atoms with E-state index < -0.39 is 17.1 Å². The zero-order valence-corrected chi connectivity index (χ0v) is 13.7. The Morgan fingerprint density at radius 3 is 2.50 bits per heavy atom. The number of carbonyl (C=O) groups excluding carboxylic acids is 1. The fraction of sp³-hybridized carbons (Fsp3) is 0.562. The van der Waals surface area contributed by atoms with Crippen LogP contribution < -0.4 is 0 Å². The fourth-order valence-corrected chi connectivity index (χ4v) is 3.82. The van der Waals surface area contributed by atoms with Crippen molar-refractivity contribution >= 4 is 17.7 Å². The molecule has 0 aliphatic carbocycles. The summed E-state index contributed by atoms with van der Waals surface area (Å²) in [4.78, 5) is 14.0. The molecule has 1 amide bonds. The first-order chi connectivity index (χ1) is 10.1. The van der Waals surface area contributed by atoms with E-state index in [1.54, 1.807) is 11.0 Å². The Bertz CT molecular complexity index is 551. The molecule has 0 bridgehead atoms. The lowest BCUT2D eigenvalue weighted by molar-refractivity contribution is -0.140. The molecule has 122 valence electrons. The maximum Gasteiger partial charge on any atom is 0.416 e. The average molecular weight is 331 g/mol. The van der Waals surface area contributed by atoms with Gasteiger partial charge in [-0.15, -0.1) is 11.8 Å². The van der Waals surface area contributed by atoms with Crippen molar-refractivity contribution in [3.8, 4) is 0 Å². The predicted octanol–water partition coefficient (Wildman–Crippen LogP) is 4.72. The quantitative estimate of drug-likeness (QED) is 0.782. The Morgan fingerprint density at radius 2 is 1.91 bits per heavy atom. The lowest BCUT2D eigenvalue weighted by Gasteiger charge is -2.29. The van der Waals surface area contributed by atoms with Gasteiger partial charge in [-0.3, -0.25) is 4.79 Å². The first-order valence-corrected chi connectivity index (χ1v) is 8.22. The van der Waals surface area contributed by atoms with E-state index in [9.17, 15) is 18.0 Å². The van der Waals surface area contributed by atoms with Gasteiger partial charge in [0.2, 0.25) is 5.91 Å². The third kappa shape index (κ3) is 3.97. The molecule has 0 radical (unpaired) electrons. The van der Waals surface area contributed by atoms with Crippen LogP contribution in [-0.2, 0) is 11.0 Å². The van der Waals surface area contributed by atoms with Gasteiger partial charge >= 0.3 is 6.18 Å². The van der Waals surface area contributed by atoms with Crippen LogP contribution in [0.4, 0.5) is 13.2 Å². The van der Waals surface area contributed by atoms with Crippen molar-refractivity contribution in [3.05, 3.63) is 35.4 Å². The number of hydrogen-bond acceptors (Lipinski definition) is 2. The Morgan fingerprint density at radius 1 is 1.27 bits per heavy atom. The largest absolute Gasteiger partial charge is 0.416 e. The molecule has 1 atom stereocenters. The van der Waals surface area contributed by atoms with Crippen LogP contribution in [0.3, 0.4) is 0 Å². The predicted molar refractivity (Wildman–Crippen MR) is 82.4 cm³/mol. The minimum atomic E-state index is -4.40. The van der Waals surface area contributed by atoms with Gasteiger partial charge in [-0.25, -0.2) is 0 Å². The SMILES string of the molecule is CC(C)(C)CC(=O)N1CCSC1c1ccccc1C(F)(F)F. The molecule has 6 heteroatoms. The van der Waals surface area contributed by atoms with Gasteiger partial charge in [0.05, 0.1) is 5.56 Å². The standard InChI is InChI=1S/C16H20F3NOS/c1-15(2,3)10-13(21)20-8-9-22-14(20)11-6-4-5-7-12(11)16(17,18)19/h4-7,14H,8-10H2,1-3H3. The fourth-order valence-electron chi connectivity index (χ4n) is 2.51. The van der Waals surface area contributed by atoms with E-state index in [0.717, 1.165) is 6.07 Å². The van der Waals surface area contributed by atoms with Crippen molar-refractivity contribution in [2.24, 2.45) is 5.41 Å². The summed E-state index contributed by atoms with van der Waals surface area (Å²) in [5.41, 5.74) is -0.652. The summed E-state index contributed by atoms with van der Waals surface area (Å²) in [5, 5.41) is -0.548. The maximum absolute atomic E-state index is 13.2. The molecule has 2 rings (SSSR count). The van der Waals surface area contributed by atoms with Crippen molar-refractivity contribution in [1.82, 2.24) is 4.90 Å². The molecule has 1 fully saturated rings. The molecule has 1 heterocycles. The Kier molecular flexibility index (Phi) is 4.80. The summed E-state index contributed by atoms with van der Waals surface area (Å²) in [6.45, 7) is 6.35. The summed E-state index contributed by atoms with van der Waals surface area (Å²) >= 11 is 1.39. The minimum Gasteiger partial charge on any atom is -0.326 e. The van der Waals surface area contributed by atoms with Crippen LogP contribution in [0.2, 0.25) is 0 Å². The second-order valence-electron chi connectivity index (χ2n) is 6.63. The molecule has 0 saturated carbocycles. The van der Waals surface area contributed by atoms with E-state index in [-0.39, 0.29) is 16.9 Å². The van der Waals surface area contributed by atoms with Crippen LogP contribution in [0.5, 0.6) is 0 Å². The van der Waals surface area contributed by atoms with Gasteiger partial charge in [0, 0.05) is 18.7 Å². The highest BCUT2D eigenvalue weighted by Crippen LogP contribution is 2.44. The van der Waals surface area contributed by atoms with Gasteiger partial charge in [0.1, 0.15) is 5.37 Å². The van der Waals surface area contributed by atoms with Crippen molar-refractivity contribution in [3.63, 3.8) is 0 Å². The van der Waals surface area contributed by atoms with Crippen LogP contribution in [0.25, 0.3) is 0 Å². The molecule has 0 aromatic heterocycles. The molecule has 2 nitrogen and oxygen atoms in total. The van der Waals surface area contributed by atoms with Crippen LogP contribution in [0.1, 0.15) is 43.7 Å². The number of amides is 1. The van der Waals surface area contributed by atoms with Gasteiger partial charge in [0.25, 0.3) is 0 Å². The van der Waals surface area contributed by atoms with E-state index in [2.05, 4.69) is 0 Å². The van der Waals surface area contributed by atoms with Gasteiger partial charge in [-0.1, -0.05) is 39.0 Å². The molecule has 1 aliphatic rings. The average Bonchev–Trinajstić information content (AvgIpc) is 2.84. The number of benzene rings is 1. The second kappa shape index (κ2) is 6.14. The smallest absolute Gasteiger partial charge is 0.326 e. The van der Waals surface area contributed by atoms with E-state index in [1.165, 1.54) is 23.9 Å². The molecule has 0 N–H and O–H groups in total.